The molecule has 0 amide bonds. The second-order valence-corrected chi connectivity index (χ2v) is 2.90. The van der Waals surface area contributed by atoms with E-state index in [1.54, 1.807) is 0 Å². The van der Waals surface area contributed by atoms with Gasteiger partial charge in [-0.05, 0) is 12.1 Å². The summed E-state index contributed by atoms with van der Waals surface area (Å²) in [5.41, 5.74) is -0.854. The average Bonchev–Trinajstić information content (AvgIpc) is 2.46. The molecule has 0 saturated carbocycles. The lowest BCUT2D eigenvalue weighted by Crippen LogP contribution is -2.05. The highest BCUT2D eigenvalue weighted by molar-refractivity contribution is 5.88. The summed E-state index contributed by atoms with van der Waals surface area (Å²) in [6, 6.07) is 3.66. The van der Waals surface area contributed by atoms with E-state index >= 15 is 0 Å². The summed E-state index contributed by atoms with van der Waals surface area (Å²) in [6.45, 7) is 0. The second kappa shape index (κ2) is 2.67. The van der Waals surface area contributed by atoms with Crippen molar-refractivity contribution in [2.75, 3.05) is 0 Å². The van der Waals surface area contributed by atoms with Crippen LogP contribution in [0.25, 0.3) is 10.9 Å². The van der Waals surface area contributed by atoms with Gasteiger partial charge in [0.05, 0.1) is 11.1 Å². The highest BCUT2D eigenvalue weighted by atomic mass is 19.4. The summed E-state index contributed by atoms with van der Waals surface area (Å²) in [5, 5.41) is 9.38. The third kappa shape index (κ3) is 1.21. The van der Waals surface area contributed by atoms with Crippen molar-refractivity contribution in [3.8, 4) is 5.75 Å². The molecule has 74 valence electrons. The Labute approximate surface area is 77.0 Å². The first-order valence-corrected chi connectivity index (χ1v) is 3.86. The maximum Gasteiger partial charge on any atom is 0.418 e. The molecule has 2 N–H and O–H groups in total. The molecular weight excluding hydrogens is 195 g/mol. The predicted molar refractivity (Wildman–Crippen MR) is 45.0 cm³/mol. The molecule has 0 spiro atoms. The zero-order valence-corrected chi connectivity index (χ0v) is 6.89. The highest BCUT2D eigenvalue weighted by Gasteiger charge is 2.33. The Morgan fingerprint density at radius 2 is 1.93 bits per heavy atom. The van der Waals surface area contributed by atoms with Crippen LogP contribution < -0.4 is 0 Å². The normalized spacial score (nSPS) is 12.2. The van der Waals surface area contributed by atoms with E-state index in [1.165, 1.54) is 12.1 Å². The van der Waals surface area contributed by atoms with Gasteiger partial charge in [0.1, 0.15) is 5.75 Å². The van der Waals surface area contributed by atoms with Gasteiger partial charge in [-0.1, -0.05) is 6.07 Å². The van der Waals surface area contributed by atoms with E-state index in [-0.39, 0.29) is 16.7 Å². The number of hydrogen-bond donors (Lipinski definition) is 2. The van der Waals surface area contributed by atoms with Gasteiger partial charge in [0.15, 0.2) is 0 Å². The molecule has 5 heteroatoms. The van der Waals surface area contributed by atoms with Crippen LogP contribution in [-0.4, -0.2) is 10.1 Å². The lowest BCUT2D eigenvalue weighted by atomic mass is 10.1. The molecule has 1 aromatic heterocycles. The quantitative estimate of drug-likeness (QED) is 0.675. The Morgan fingerprint density at radius 3 is 2.57 bits per heavy atom. The molecule has 1 heterocycles. The van der Waals surface area contributed by atoms with Crippen LogP contribution >= 0.6 is 0 Å². The van der Waals surface area contributed by atoms with Gasteiger partial charge in [-0.2, -0.15) is 13.2 Å². The SMILES string of the molecule is Oc1c[nH]c2c(C(F)(F)F)cccc12. The molecule has 0 saturated heterocycles. The van der Waals surface area contributed by atoms with Crippen LogP contribution in [0.15, 0.2) is 24.4 Å². The Morgan fingerprint density at radius 1 is 1.21 bits per heavy atom. The largest absolute Gasteiger partial charge is 0.506 e. The molecule has 0 atom stereocenters. The molecule has 14 heavy (non-hydrogen) atoms. The van der Waals surface area contributed by atoms with Crippen LogP contribution in [0.1, 0.15) is 5.56 Å². The first-order valence-electron chi connectivity index (χ1n) is 3.86. The molecular formula is C9H6F3NO. The maximum absolute atomic E-state index is 12.4. The van der Waals surface area contributed by atoms with Gasteiger partial charge in [-0.15, -0.1) is 0 Å². The number of hydrogen-bond acceptors (Lipinski definition) is 1. The molecule has 0 aliphatic rings. The first-order chi connectivity index (χ1) is 6.50. The number of benzene rings is 1. The molecule has 2 rings (SSSR count). The molecule has 0 bridgehead atoms. The second-order valence-electron chi connectivity index (χ2n) is 2.90. The van der Waals surface area contributed by atoms with Gasteiger partial charge in [0.2, 0.25) is 0 Å². The van der Waals surface area contributed by atoms with Crippen molar-refractivity contribution in [3.05, 3.63) is 30.0 Å². The van der Waals surface area contributed by atoms with Crippen molar-refractivity contribution in [2.24, 2.45) is 0 Å². The van der Waals surface area contributed by atoms with E-state index < -0.39 is 11.7 Å². The van der Waals surface area contributed by atoms with Crippen LogP contribution in [0.3, 0.4) is 0 Å². The van der Waals surface area contributed by atoms with Crippen LogP contribution in [0, 0.1) is 0 Å². The fraction of sp³-hybridized carbons (Fsp3) is 0.111. The minimum atomic E-state index is -4.41. The standard InChI is InChI=1S/C9H6F3NO/c10-9(11,12)6-3-1-2-5-7(14)4-13-8(5)6/h1-4,13-14H. The maximum atomic E-state index is 12.4. The van der Waals surface area contributed by atoms with Gasteiger partial charge in [-0.25, -0.2) is 0 Å². The molecule has 2 aromatic rings. The van der Waals surface area contributed by atoms with Gasteiger partial charge in [-0.3, -0.25) is 0 Å². The lowest BCUT2D eigenvalue weighted by Gasteiger charge is -2.06. The molecule has 0 fully saturated rings. The van der Waals surface area contributed by atoms with E-state index in [2.05, 4.69) is 4.98 Å². The summed E-state index contributed by atoms with van der Waals surface area (Å²) in [4.78, 5) is 2.39. The molecule has 0 aliphatic carbocycles. The summed E-state index contributed by atoms with van der Waals surface area (Å²) in [7, 11) is 0. The van der Waals surface area contributed by atoms with Crippen molar-refractivity contribution in [3.63, 3.8) is 0 Å². The van der Waals surface area contributed by atoms with E-state index in [1.807, 2.05) is 0 Å². The highest BCUT2D eigenvalue weighted by Crippen LogP contribution is 2.36. The van der Waals surface area contributed by atoms with E-state index in [0.29, 0.717) is 0 Å². The Bertz CT molecular complexity index is 472. The number of aromatic nitrogens is 1. The van der Waals surface area contributed by atoms with Crippen LogP contribution in [0.4, 0.5) is 13.2 Å². The minimum Gasteiger partial charge on any atom is -0.506 e. The summed E-state index contributed by atoms with van der Waals surface area (Å²) >= 11 is 0. The number of aromatic amines is 1. The van der Waals surface area contributed by atoms with Crippen molar-refractivity contribution < 1.29 is 18.3 Å². The number of fused-ring (bicyclic) bond motifs is 1. The fourth-order valence-corrected chi connectivity index (χ4v) is 1.38. The summed E-state index contributed by atoms with van der Waals surface area (Å²) in [5.74, 6) is -0.175. The first kappa shape index (κ1) is 8.93. The summed E-state index contributed by atoms with van der Waals surface area (Å²) in [6.07, 6.45) is -3.27. The van der Waals surface area contributed by atoms with E-state index in [9.17, 15) is 18.3 Å². The molecule has 0 aliphatic heterocycles. The minimum absolute atomic E-state index is 0.0856. The third-order valence-electron chi connectivity index (χ3n) is 2.00. The zero-order chi connectivity index (χ0) is 10.3. The fourth-order valence-electron chi connectivity index (χ4n) is 1.38. The molecule has 0 unspecified atom stereocenters. The van der Waals surface area contributed by atoms with Crippen LogP contribution in [0.5, 0.6) is 5.75 Å². The third-order valence-corrected chi connectivity index (χ3v) is 2.00. The van der Waals surface area contributed by atoms with E-state index in [4.69, 9.17) is 0 Å². The molecule has 0 radical (unpaired) electrons. The predicted octanol–water partition coefficient (Wildman–Crippen LogP) is 2.89. The van der Waals surface area contributed by atoms with Crippen LogP contribution in [-0.2, 0) is 6.18 Å². The molecule has 2 nitrogen and oxygen atoms in total. The monoisotopic (exact) mass is 201 g/mol. The zero-order valence-electron chi connectivity index (χ0n) is 6.89. The van der Waals surface area contributed by atoms with Gasteiger partial charge < -0.3 is 10.1 Å². The summed E-state index contributed by atoms with van der Waals surface area (Å²) < 4.78 is 37.3. The van der Waals surface area contributed by atoms with Crippen molar-refractivity contribution in [2.45, 2.75) is 6.18 Å². The van der Waals surface area contributed by atoms with Crippen molar-refractivity contribution in [1.29, 1.82) is 0 Å². The number of para-hydroxylation sites is 1. The Balaban J connectivity index is 2.79. The molecule has 1 aromatic carbocycles. The van der Waals surface area contributed by atoms with Gasteiger partial charge >= 0.3 is 6.18 Å². The topological polar surface area (TPSA) is 36.0 Å². The lowest BCUT2D eigenvalue weighted by molar-refractivity contribution is -0.136. The van der Waals surface area contributed by atoms with Crippen molar-refractivity contribution in [1.82, 2.24) is 4.98 Å². The van der Waals surface area contributed by atoms with Gasteiger partial charge in [0, 0.05) is 11.6 Å². The van der Waals surface area contributed by atoms with Gasteiger partial charge in [0.25, 0.3) is 0 Å². The number of halogens is 3. The number of aromatic hydroxyl groups is 1. The number of nitrogens with one attached hydrogen (secondary N) is 1. The smallest absolute Gasteiger partial charge is 0.418 e. The Hall–Kier alpha value is -1.65. The number of H-pyrrole nitrogens is 1. The van der Waals surface area contributed by atoms with Crippen LogP contribution in [0.2, 0.25) is 0 Å². The van der Waals surface area contributed by atoms with Crippen molar-refractivity contribution >= 4 is 10.9 Å². The number of rotatable bonds is 0. The number of alkyl halides is 3. The Kier molecular flexibility index (Phi) is 1.70. The average molecular weight is 201 g/mol. The van der Waals surface area contributed by atoms with E-state index in [0.717, 1.165) is 12.3 Å².